The molecule has 136 valence electrons. The van der Waals surface area contributed by atoms with Crippen LogP contribution in [0.1, 0.15) is 17.7 Å². The van der Waals surface area contributed by atoms with Gasteiger partial charge in [0.2, 0.25) is 0 Å². The molecule has 0 spiro atoms. The summed E-state index contributed by atoms with van der Waals surface area (Å²) in [5.74, 6) is -0.174. The quantitative estimate of drug-likeness (QED) is 0.733. The monoisotopic (exact) mass is 360 g/mol. The molecular weight excluding hydrogens is 341 g/mol. The van der Waals surface area contributed by atoms with E-state index in [1.165, 1.54) is 17.7 Å². The highest BCUT2D eigenvalue weighted by atomic mass is 19.4. The normalized spacial score (nSPS) is 17.3. The number of benzene rings is 2. The van der Waals surface area contributed by atoms with E-state index >= 15 is 0 Å². The van der Waals surface area contributed by atoms with Crippen molar-refractivity contribution < 1.29 is 17.9 Å². The third kappa shape index (κ3) is 3.70. The van der Waals surface area contributed by atoms with Crippen molar-refractivity contribution in [2.75, 3.05) is 0 Å². The van der Waals surface area contributed by atoms with Crippen LogP contribution in [0, 0.1) is 0 Å². The van der Waals surface area contributed by atoms with Gasteiger partial charge in [-0.2, -0.15) is 0 Å². The van der Waals surface area contributed by atoms with Crippen LogP contribution >= 0.6 is 0 Å². The Morgan fingerprint density at radius 3 is 2.65 bits per heavy atom. The van der Waals surface area contributed by atoms with E-state index in [1.807, 2.05) is 24.3 Å². The van der Waals surface area contributed by atoms with Crippen LogP contribution in [0.15, 0.2) is 54.6 Å². The molecule has 1 aliphatic rings. The summed E-state index contributed by atoms with van der Waals surface area (Å²) < 4.78 is 43.4. The van der Waals surface area contributed by atoms with Crippen molar-refractivity contribution in [2.24, 2.45) is 0 Å². The first-order valence-electron chi connectivity index (χ1n) is 8.63. The average Bonchev–Trinajstić information content (AvgIpc) is 2.96. The van der Waals surface area contributed by atoms with Crippen molar-refractivity contribution in [3.63, 3.8) is 0 Å². The number of nitrogens with one attached hydrogen (secondary N) is 1. The SMILES string of the molecule is FC(F)(F)Oc1ccc2c(c1)cc1n2CC(NCc2ccccc2)CC1. The molecule has 26 heavy (non-hydrogen) atoms. The first kappa shape index (κ1) is 17.0. The highest BCUT2D eigenvalue weighted by Gasteiger charge is 2.31. The number of nitrogens with zero attached hydrogens (tertiary/aromatic N) is 1. The van der Waals surface area contributed by atoms with E-state index in [0.29, 0.717) is 6.04 Å². The maximum Gasteiger partial charge on any atom is 0.573 e. The summed E-state index contributed by atoms with van der Waals surface area (Å²) in [6, 6.07) is 17.1. The summed E-state index contributed by atoms with van der Waals surface area (Å²) in [7, 11) is 0. The second kappa shape index (κ2) is 6.68. The van der Waals surface area contributed by atoms with Crippen molar-refractivity contribution in [2.45, 2.75) is 38.3 Å². The number of aryl methyl sites for hydroxylation is 1. The molecule has 0 aliphatic carbocycles. The molecule has 6 heteroatoms. The highest BCUT2D eigenvalue weighted by molar-refractivity contribution is 5.83. The molecule has 3 aromatic rings. The summed E-state index contributed by atoms with van der Waals surface area (Å²) in [5.41, 5.74) is 3.34. The van der Waals surface area contributed by atoms with Crippen molar-refractivity contribution >= 4 is 10.9 Å². The van der Waals surface area contributed by atoms with Crippen LogP contribution in [0.4, 0.5) is 13.2 Å². The number of hydrogen-bond donors (Lipinski definition) is 1. The molecule has 3 nitrogen and oxygen atoms in total. The molecule has 0 fully saturated rings. The number of aromatic nitrogens is 1. The fourth-order valence-corrected chi connectivity index (χ4v) is 3.58. The first-order chi connectivity index (χ1) is 12.5. The highest BCUT2D eigenvalue weighted by Crippen LogP contribution is 2.30. The molecule has 1 aliphatic heterocycles. The summed E-state index contributed by atoms with van der Waals surface area (Å²) in [4.78, 5) is 0. The molecule has 2 aromatic carbocycles. The van der Waals surface area contributed by atoms with Gasteiger partial charge in [0.15, 0.2) is 0 Å². The minimum absolute atomic E-state index is 0.174. The van der Waals surface area contributed by atoms with Crippen molar-refractivity contribution in [1.29, 1.82) is 0 Å². The Kier molecular flexibility index (Phi) is 4.36. The Bertz CT molecular complexity index is 903. The van der Waals surface area contributed by atoms with E-state index in [-0.39, 0.29) is 5.75 Å². The lowest BCUT2D eigenvalue weighted by molar-refractivity contribution is -0.274. The number of ether oxygens (including phenoxy) is 1. The lowest BCUT2D eigenvalue weighted by Crippen LogP contribution is -2.36. The second-order valence-electron chi connectivity index (χ2n) is 6.62. The van der Waals surface area contributed by atoms with Gasteiger partial charge >= 0.3 is 6.36 Å². The predicted octanol–water partition coefficient (Wildman–Crippen LogP) is 4.64. The van der Waals surface area contributed by atoms with Crippen LogP contribution in [-0.2, 0) is 19.5 Å². The first-order valence-corrected chi connectivity index (χ1v) is 8.63. The molecule has 0 saturated heterocycles. The van der Waals surface area contributed by atoms with Crippen molar-refractivity contribution in [1.82, 2.24) is 9.88 Å². The Hall–Kier alpha value is -2.47. The summed E-state index contributed by atoms with van der Waals surface area (Å²) >= 11 is 0. The molecule has 2 heterocycles. The maximum atomic E-state index is 12.4. The topological polar surface area (TPSA) is 26.2 Å². The van der Waals surface area contributed by atoms with Crippen LogP contribution in [0.5, 0.6) is 5.75 Å². The van der Waals surface area contributed by atoms with Gasteiger partial charge in [-0.3, -0.25) is 0 Å². The Morgan fingerprint density at radius 2 is 1.88 bits per heavy atom. The zero-order valence-corrected chi connectivity index (χ0v) is 14.1. The Balaban J connectivity index is 1.50. The van der Waals surface area contributed by atoms with Gasteiger partial charge in [-0.15, -0.1) is 13.2 Å². The van der Waals surface area contributed by atoms with Gasteiger partial charge in [-0.1, -0.05) is 30.3 Å². The maximum absolute atomic E-state index is 12.4. The van der Waals surface area contributed by atoms with Gasteiger partial charge in [0.1, 0.15) is 5.75 Å². The predicted molar refractivity (Wildman–Crippen MR) is 94.0 cm³/mol. The molecule has 1 N–H and O–H groups in total. The number of rotatable bonds is 4. The second-order valence-corrected chi connectivity index (χ2v) is 6.62. The molecule has 0 bridgehead atoms. The van der Waals surface area contributed by atoms with Gasteiger partial charge in [-0.05, 0) is 42.7 Å². The lowest BCUT2D eigenvalue weighted by atomic mass is 10.0. The average molecular weight is 360 g/mol. The van der Waals surface area contributed by atoms with Gasteiger partial charge < -0.3 is 14.6 Å². The standard InChI is InChI=1S/C20H19F3N2O/c21-20(22,23)26-18-8-9-19-15(11-18)10-17-7-6-16(13-25(17)19)24-12-14-4-2-1-3-5-14/h1-5,8-11,16,24H,6-7,12-13H2. The zero-order chi connectivity index (χ0) is 18.1. The smallest absolute Gasteiger partial charge is 0.406 e. The van der Waals surface area contributed by atoms with Gasteiger partial charge in [0.25, 0.3) is 0 Å². The number of fused-ring (bicyclic) bond motifs is 3. The Morgan fingerprint density at radius 1 is 1.08 bits per heavy atom. The third-order valence-electron chi connectivity index (χ3n) is 4.78. The van der Waals surface area contributed by atoms with Crippen LogP contribution in [0.2, 0.25) is 0 Å². The molecule has 0 amide bonds. The number of alkyl halides is 3. The minimum Gasteiger partial charge on any atom is -0.406 e. The van der Waals surface area contributed by atoms with Crippen LogP contribution in [-0.4, -0.2) is 17.0 Å². The fourth-order valence-electron chi connectivity index (χ4n) is 3.58. The van der Waals surface area contributed by atoms with Crippen LogP contribution in [0.25, 0.3) is 10.9 Å². The molecule has 4 rings (SSSR count). The molecule has 0 saturated carbocycles. The molecule has 1 unspecified atom stereocenters. The summed E-state index contributed by atoms with van der Waals surface area (Å²) in [5, 5.41) is 4.36. The fraction of sp³-hybridized carbons (Fsp3) is 0.300. The van der Waals surface area contributed by atoms with E-state index in [0.717, 1.165) is 42.5 Å². The lowest BCUT2D eigenvalue weighted by Gasteiger charge is -2.26. The van der Waals surface area contributed by atoms with Crippen LogP contribution < -0.4 is 10.1 Å². The zero-order valence-electron chi connectivity index (χ0n) is 14.1. The van der Waals surface area contributed by atoms with E-state index < -0.39 is 6.36 Å². The molecule has 0 radical (unpaired) electrons. The largest absolute Gasteiger partial charge is 0.573 e. The van der Waals surface area contributed by atoms with E-state index in [9.17, 15) is 13.2 Å². The number of halogens is 3. The summed E-state index contributed by atoms with van der Waals surface area (Å²) in [6.07, 6.45) is -2.76. The molecular formula is C20H19F3N2O. The van der Waals surface area contributed by atoms with E-state index in [2.05, 4.69) is 26.8 Å². The molecule has 1 aromatic heterocycles. The Labute approximate surface area is 149 Å². The van der Waals surface area contributed by atoms with E-state index in [4.69, 9.17) is 0 Å². The minimum atomic E-state index is -4.67. The van der Waals surface area contributed by atoms with Gasteiger partial charge in [-0.25, -0.2) is 0 Å². The van der Waals surface area contributed by atoms with E-state index in [1.54, 1.807) is 6.07 Å². The molecule has 1 atom stereocenters. The van der Waals surface area contributed by atoms with Crippen molar-refractivity contribution in [3.05, 3.63) is 65.9 Å². The summed E-state index contributed by atoms with van der Waals surface area (Å²) in [6.45, 7) is 1.62. The number of hydrogen-bond acceptors (Lipinski definition) is 2. The third-order valence-corrected chi connectivity index (χ3v) is 4.78. The van der Waals surface area contributed by atoms with Gasteiger partial charge in [0, 0.05) is 35.7 Å². The van der Waals surface area contributed by atoms with Crippen molar-refractivity contribution in [3.8, 4) is 5.75 Å². The van der Waals surface area contributed by atoms with Gasteiger partial charge in [0.05, 0.1) is 0 Å². The van der Waals surface area contributed by atoms with Crippen LogP contribution in [0.3, 0.4) is 0 Å².